The molecule has 0 aliphatic carbocycles. The molecule has 18 heavy (non-hydrogen) atoms. The van der Waals surface area contributed by atoms with Gasteiger partial charge in [0, 0.05) is 14.1 Å². The molecule has 8 heteroatoms. The topological polar surface area (TPSA) is 111 Å². The van der Waals surface area contributed by atoms with Crippen molar-refractivity contribution in [3.63, 3.8) is 0 Å². The molecule has 0 bridgehead atoms. The monoisotopic (exact) mass is 260 g/mol. The molecule has 2 amide bonds. The number of nitrogens with one attached hydrogen (secondary N) is 2. The maximum absolute atomic E-state index is 11.1. The van der Waals surface area contributed by atoms with Gasteiger partial charge in [-0.1, -0.05) is 0 Å². The van der Waals surface area contributed by atoms with Gasteiger partial charge in [-0.05, 0) is 0 Å². The molecular weight excluding hydrogens is 244 g/mol. The second kappa shape index (κ2) is 8.97. The summed E-state index contributed by atoms with van der Waals surface area (Å²) in [6, 6.07) is 0. The Morgan fingerprint density at radius 1 is 0.778 bits per heavy atom. The van der Waals surface area contributed by atoms with Gasteiger partial charge in [-0.25, -0.2) is 0 Å². The number of ether oxygens (including phenoxy) is 2. The van der Waals surface area contributed by atoms with Crippen LogP contribution in [0.25, 0.3) is 0 Å². The zero-order chi connectivity index (χ0) is 14.0. The molecule has 0 saturated heterocycles. The Morgan fingerprint density at radius 2 is 1.11 bits per heavy atom. The number of amides is 2. The maximum atomic E-state index is 11.1. The number of likely N-dealkylation sites (N-methyl/N-ethyl adjacent to an activating group) is 2. The third kappa shape index (κ3) is 8.08. The van der Waals surface area contributed by atoms with E-state index in [-0.39, 0.29) is 26.1 Å². The van der Waals surface area contributed by atoms with Crippen molar-refractivity contribution in [1.82, 2.24) is 10.6 Å². The van der Waals surface area contributed by atoms with Crippen LogP contribution in [0.1, 0.15) is 12.8 Å². The van der Waals surface area contributed by atoms with E-state index >= 15 is 0 Å². The van der Waals surface area contributed by atoms with Crippen molar-refractivity contribution in [2.24, 2.45) is 0 Å². The molecule has 0 aromatic rings. The Bertz CT molecular complexity index is 296. The van der Waals surface area contributed by atoms with Crippen LogP contribution in [0.5, 0.6) is 0 Å². The maximum Gasteiger partial charge on any atom is 0.306 e. The Labute approximate surface area is 104 Å². The van der Waals surface area contributed by atoms with E-state index in [1.54, 1.807) is 0 Å². The normalized spacial score (nSPS) is 9.22. The third-order valence-corrected chi connectivity index (χ3v) is 1.82. The fraction of sp³-hybridized carbons (Fsp3) is 0.600. The minimum atomic E-state index is -0.685. The lowest BCUT2D eigenvalue weighted by molar-refractivity contribution is -0.153. The van der Waals surface area contributed by atoms with Gasteiger partial charge >= 0.3 is 11.9 Å². The summed E-state index contributed by atoms with van der Waals surface area (Å²) < 4.78 is 9.11. The zero-order valence-electron chi connectivity index (χ0n) is 10.3. The van der Waals surface area contributed by atoms with Crippen molar-refractivity contribution < 1.29 is 28.7 Å². The van der Waals surface area contributed by atoms with Crippen molar-refractivity contribution in [1.29, 1.82) is 0 Å². The van der Waals surface area contributed by atoms with Crippen LogP contribution in [0.15, 0.2) is 0 Å². The lowest BCUT2D eigenvalue weighted by Crippen LogP contribution is -2.26. The zero-order valence-corrected chi connectivity index (χ0v) is 10.3. The smallest absolute Gasteiger partial charge is 0.306 e. The molecule has 0 atom stereocenters. The minimum absolute atomic E-state index is 0.205. The van der Waals surface area contributed by atoms with Crippen molar-refractivity contribution in [2.75, 3.05) is 27.3 Å². The predicted octanol–water partition coefficient (Wildman–Crippen LogP) is -1.65. The highest BCUT2D eigenvalue weighted by Crippen LogP contribution is 1.96. The Kier molecular flexibility index (Phi) is 7.91. The van der Waals surface area contributed by atoms with E-state index in [0.29, 0.717) is 0 Å². The van der Waals surface area contributed by atoms with Gasteiger partial charge in [0.2, 0.25) is 0 Å². The second-order valence-corrected chi connectivity index (χ2v) is 3.17. The Balaban J connectivity index is 3.68. The van der Waals surface area contributed by atoms with Crippen LogP contribution in [0.2, 0.25) is 0 Å². The third-order valence-electron chi connectivity index (χ3n) is 1.82. The highest BCUT2D eigenvalue weighted by Gasteiger charge is 2.11. The van der Waals surface area contributed by atoms with Crippen molar-refractivity contribution in [3.05, 3.63) is 0 Å². The molecule has 0 spiro atoms. The summed E-state index contributed by atoms with van der Waals surface area (Å²) in [5, 5.41) is 4.54. The van der Waals surface area contributed by atoms with Crippen LogP contribution in [0.3, 0.4) is 0 Å². The minimum Gasteiger partial charge on any atom is -0.456 e. The van der Waals surface area contributed by atoms with Gasteiger partial charge in [-0.15, -0.1) is 0 Å². The molecule has 0 rings (SSSR count). The van der Waals surface area contributed by atoms with E-state index in [1.165, 1.54) is 14.1 Å². The summed E-state index contributed by atoms with van der Waals surface area (Å²) in [5.41, 5.74) is 0. The first-order valence-corrected chi connectivity index (χ1v) is 5.22. The van der Waals surface area contributed by atoms with E-state index < -0.39 is 23.8 Å². The lowest BCUT2D eigenvalue weighted by Gasteiger charge is -2.04. The van der Waals surface area contributed by atoms with E-state index in [0.717, 1.165) is 0 Å². The first-order valence-electron chi connectivity index (χ1n) is 5.22. The lowest BCUT2D eigenvalue weighted by atomic mass is 10.3. The highest BCUT2D eigenvalue weighted by molar-refractivity contribution is 5.83. The van der Waals surface area contributed by atoms with Crippen LogP contribution in [-0.4, -0.2) is 51.1 Å². The van der Waals surface area contributed by atoms with Gasteiger partial charge in [-0.2, -0.15) is 0 Å². The summed E-state index contributed by atoms with van der Waals surface area (Å²) in [6.45, 7) is -0.773. The molecule has 0 aliphatic heterocycles. The van der Waals surface area contributed by atoms with E-state index in [9.17, 15) is 19.2 Å². The van der Waals surface area contributed by atoms with Gasteiger partial charge < -0.3 is 20.1 Å². The van der Waals surface area contributed by atoms with E-state index in [4.69, 9.17) is 0 Å². The van der Waals surface area contributed by atoms with Crippen LogP contribution in [0.4, 0.5) is 0 Å². The van der Waals surface area contributed by atoms with Gasteiger partial charge in [0.05, 0.1) is 12.8 Å². The average molecular weight is 260 g/mol. The first kappa shape index (κ1) is 15.9. The molecule has 0 aliphatic rings. The summed E-state index contributed by atoms with van der Waals surface area (Å²) in [4.78, 5) is 43.6. The van der Waals surface area contributed by atoms with Gasteiger partial charge in [0.15, 0.2) is 13.2 Å². The first-order chi connectivity index (χ1) is 8.49. The molecule has 0 aromatic heterocycles. The fourth-order valence-electron chi connectivity index (χ4n) is 0.785. The summed E-state index contributed by atoms with van der Waals surface area (Å²) in [7, 11) is 2.82. The largest absolute Gasteiger partial charge is 0.456 e. The number of hydrogen-bond donors (Lipinski definition) is 2. The van der Waals surface area contributed by atoms with Gasteiger partial charge in [0.1, 0.15) is 0 Å². The van der Waals surface area contributed by atoms with Crippen molar-refractivity contribution in [2.45, 2.75) is 12.8 Å². The van der Waals surface area contributed by atoms with Gasteiger partial charge in [0.25, 0.3) is 11.8 Å². The summed E-state index contributed by atoms with van der Waals surface area (Å²) >= 11 is 0. The molecule has 0 saturated carbocycles. The Hall–Kier alpha value is -2.12. The quantitative estimate of drug-likeness (QED) is 0.530. The Morgan fingerprint density at radius 3 is 1.39 bits per heavy atom. The van der Waals surface area contributed by atoms with Gasteiger partial charge in [-0.3, -0.25) is 19.2 Å². The number of carbonyl (C=O) groups is 4. The number of carbonyl (C=O) groups excluding carboxylic acids is 4. The molecular formula is C10H16N2O6. The van der Waals surface area contributed by atoms with E-state index in [2.05, 4.69) is 20.1 Å². The molecule has 0 aromatic carbocycles. The van der Waals surface area contributed by atoms with Crippen LogP contribution in [-0.2, 0) is 28.7 Å². The molecule has 0 heterocycles. The van der Waals surface area contributed by atoms with Crippen molar-refractivity contribution in [3.8, 4) is 0 Å². The second-order valence-electron chi connectivity index (χ2n) is 3.17. The van der Waals surface area contributed by atoms with Crippen molar-refractivity contribution >= 4 is 23.8 Å². The number of esters is 2. The van der Waals surface area contributed by atoms with E-state index in [1.807, 2.05) is 0 Å². The molecule has 0 radical (unpaired) electrons. The molecule has 0 fully saturated rings. The SMILES string of the molecule is CNC(=O)COC(=O)CCC(=O)OCC(=O)NC. The summed E-state index contributed by atoms with van der Waals surface area (Å²) in [6.07, 6.45) is -0.410. The number of rotatable bonds is 7. The van der Waals surface area contributed by atoms with Crippen LogP contribution in [0, 0.1) is 0 Å². The van der Waals surface area contributed by atoms with Crippen LogP contribution < -0.4 is 10.6 Å². The molecule has 2 N–H and O–H groups in total. The predicted molar refractivity (Wildman–Crippen MR) is 59.3 cm³/mol. The molecule has 102 valence electrons. The number of hydrogen-bond acceptors (Lipinski definition) is 6. The molecule has 0 unspecified atom stereocenters. The summed E-state index contributed by atoms with van der Waals surface area (Å²) in [5.74, 6) is -2.25. The molecule has 8 nitrogen and oxygen atoms in total. The highest BCUT2D eigenvalue weighted by atomic mass is 16.5. The average Bonchev–Trinajstić information content (AvgIpc) is 2.39. The standard InChI is InChI=1S/C10H16N2O6/c1-11-7(13)5-17-9(15)3-4-10(16)18-6-8(14)12-2/h3-6H2,1-2H3,(H,11,13)(H,12,14). The fourth-order valence-corrected chi connectivity index (χ4v) is 0.785. The van der Waals surface area contributed by atoms with Crippen LogP contribution >= 0.6 is 0 Å².